The molecule has 0 radical (unpaired) electrons. The maximum atomic E-state index is 6.47. The molecule has 1 aromatic carbocycles. The lowest BCUT2D eigenvalue weighted by atomic mass is 10.1. The fourth-order valence-corrected chi connectivity index (χ4v) is 2.97. The highest BCUT2D eigenvalue weighted by molar-refractivity contribution is 6.33. The van der Waals surface area contributed by atoms with Crippen molar-refractivity contribution in [3.63, 3.8) is 0 Å². The highest BCUT2D eigenvalue weighted by Gasteiger charge is 2.20. The molecule has 0 unspecified atom stereocenters. The Labute approximate surface area is 127 Å². The molecule has 1 N–H and O–H groups in total. The number of halogens is 1. The van der Waals surface area contributed by atoms with Crippen molar-refractivity contribution >= 4 is 17.3 Å². The van der Waals surface area contributed by atoms with Gasteiger partial charge in [0, 0.05) is 38.8 Å². The van der Waals surface area contributed by atoms with E-state index < -0.39 is 0 Å². The summed E-state index contributed by atoms with van der Waals surface area (Å²) in [5.74, 6) is 0. The summed E-state index contributed by atoms with van der Waals surface area (Å²) in [6.07, 6.45) is 0. The minimum atomic E-state index is 0.485. The average molecular weight is 296 g/mol. The van der Waals surface area contributed by atoms with Gasteiger partial charge in [0.05, 0.1) is 10.7 Å². The Morgan fingerprint density at radius 3 is 2.50 bits per heavy atom. The van der Waals surface area contributed by atoms with Crippen LogP contribution in [0.5, 0.6) is 0 Å². The molecule has 1 aliphatic rings. The standard InChI is InChI=1S/C16H26ClN3/c1-4-19-8-10-20(11-9-19)16-14(12-18-13(2)3)6-5-7-15(16)17/h5-7,13,18H,4,8-12H2,1-3H3. The summed E-state index contributed by atoms with van der Waals surface area (Å²) in [5, 5.41) is 4.37. The predicted octanol–water partition coefficient (Wildman–Crippen LogP) is 2.98. The van der Waals surface area contributed by atoms with Crippen LogP contribution in [0.2, 0.25) is 5.02 Å². The average Bonchev–Trinajstić information content (AvgIpc) is 2.45. The first kappa shape index (κ1) is 15.6. The quantitative estimate of drug-likeness (QED) is 0.901. The Kier molecular flexibility index (Phi) is 5.70. The van der Waals surface area contributed by atoms with Gasteiger partial charge in [0.1, 0.15) is 0 Å². The van der Waals surface area contributed by atoms with Crippen LogP contribution in [0.25, 0.3) is 0 Å². The topological polar surface area (TPSA) is 18.5 Å². The van der Waals surface area contributed by atoms with E-state index in [0.29, 0.717) is 6.04 Å². The van der Waals surface area contributed by atoms with Crippen molar-refractivity contribution in [2.24, 2.45) is 0 Å². The van der Waals surface area contributed by atoms with Crippen LogP contribution in [0, 0.1) is 0 Å². The Morgan fingerprint density at radius 1 is 1.20 bits per heavy atom. The first-order valence-electron chi connectivity index (χ1n) is 7.60. The Bertz CT molecular complexity index is 426. The second-order valence-corrected chi connectivity index (χ2v) is 6.11. The number of hydrogen-bond donors (Lipinski definition) is 1. The normalized spacial score (nSPS) is 16.9. The van der Waals surface area contributed by atoms with Crippen LogP contribution in [-0.2, 0) is 6.54 Å². The molecule has 0 bridgehead atoms. The Hall–Kier alpha value is -0.770. The zero-order valence-electron chi connectivity index (χ0n) is 12.8. The largest absolute Gasteiger partial charge is 0.368 e. The first-order valence-corrected chi connectivity index (χ1v) is 7.97. The van der Waals surface area contributed by atoms with Crippen LogP contribution in [0.3, 0.4) is 0 Å². The zero-order chi connectivity index (χ0) is 14.5. The van der Waals surface area contributed by atoms with Crippen LogP contribution in [0.1, 0.15) is 26.3 Å². The molecule has 0 saturated carbocycles. The fraction of sp³-hybridized carbons (Fsp3) is 0.625. The van der Waals surface area contributed by atoms with Gasteiger partial charge in [-0.15, -0.1) is 0 Å². The number of benzene rings is 1. The SMILES string of the molecule is CCN1CCN(c2c(Cl)cccc2CNC(C)C)CC1. The van der Waals surface area contributed by atoms with Gasteiger partial charge in [-0.05, 0) is 18.2 Å². The second kappa shape index (κ2) is 7.30. The van der Waals surface area contributed by atoms with Crippen molar-refractivity contribution < 1.29 is 0 Å². The van der Waals surface area contributed by atoms with Crippen LogP contribution in [0.4, 0.5) is 5.69 Å². The van der Waals surface area contributed by atoms with Gasteiger partial charge in [-0.25, -0.2) is 0 Å². The maximum absolute atomic E-state index is 6.47. The summed E-state index contributed by atoms with van der Waals surface area (Å²) in [6, 6.07) is 6.72. The fourth-order valence-electron chi connectivity index (χ4n) is 2.66. The van der Waals surface area contributed by atoms with Crippen molar-refractivity contribution in [1.29, 1.82) is 0 Å². The Morgan fingerprint density at radius 2 is 1.90 bits per heavy atom. The van der Waals surface area contributed by atoms with E-state index in [0.717, 1.165) is 44.3 Å². The van der Waals surface area contributed by atoms with Gasteiger partial charge < -0.3 is 15.1 Å². The third kappa shape index (κ3) is 3.87. The molecule has 0 aliphatic carbocycles. The van der Waals surface area contributed by atoms with Gasteiger partial charge in [-0.2, -0.15) is 0 Å². The monoisotopic (exact) mass is 295 g/mol. The molecule has 3 nitrogen and oxygen atoms in total. The molecular formula is C16H26ClN3. The van der Waals surface area contributed by atoms with Gasteiger partial charge in [0.15, 0.2) is 0 Å². The van der Waals surface area contributed by atoms with Crippen LogP contribution >= 0.6 is 11.6 Å². The molecule has 0 spiro atoms. The first-order chi connectivity index (χ1) is 9.61. The minimum absolute atomic E-state index is 0.485. The van der Waals surface area contributed by atoms with Crippen molar-refractivity contribution in [2.75, 3.05) is 37.6 Å². The molecule has 112 valence electrons. The smallest absolute Gasteiger partial charge is 0.0642 e. The maximum Gasteiger partial charge on any atom is 0.0642 e. The lowest BCUT2D eigenvalue weighted by molar-refractivity contribution is 0.271. The van der Waals surface area contributed by atoms with Gasteiger partial charge >= 0.3 is 0 Å². The van der Waals surface area contributed by atoms with Gasteiger partial charge in [-0.1, -0.05) is 44.5 Å². The van der Waals surface area contributed by atoms with E-state index in [1.54, 1.807) is 0 Å². The summed E-state index contributed by atoms with van der Waals surface area (Å²) < 4.78 is 0. The van der Waals surface area contributed by atoms with E-state index in [-0.39, 0.29) is 0 Å². The lowest BCUT2D eigenvalue weighted by Gasteiger charge is -2.37. The molecular weight excluding hydrogens is 270 g/mol. The summed E-state index contributed by atoms with van der Waals surface area (Å²) >= 11 is 6.47. The van der Waals surface area contributed by atoms with Crippen molar-refractivity contribution in [2.45, 2.75) is 33.4 Å². The number of nitrogens with zero attached hydrogens (tertiary/aromatic N) is 2. The number of hydrogen-bond acceptors (Lipinski definition) is 3. The summed E-state index contributed by atoms with van der Waals surface area (Å²) in [7, 11) is 0. The molecule has 1 aliphatic heterocycles. The molecule has 4 heteroatoms. The van der Waals surface area contributed by atoms with Crippen molar-refractivity contribution in [3.8, 4) is 0 Å². The van der Waals surface area contributed by atoms with Gasteiger partial charge in [-0.3, -0.25) is 0 Å². The Balaban J connectivity index is 2.13. The van der Waals surface area contributed by atoms with Crippen LogP contribution in [-0.4, -0.2) is 43.7 Å². The van der Waals surface area contributed by atoms with Crippen LogP contribution < -0.4 is 10.2 Å². The molecule has 1 heterocycles. The number of nitrogens with one attached hydrogen (secondary N) is 1. The molecule has 0 atom stereocenters. The molecule has 20 heavy (non-hydrogen) atoms. The van der Waals surface area contributed by atoms with E-state index >= 15 is 0 Å². The van der Waals surface area contributed by atoms with E-state index in [2.05, 4.69) is 42.0 Å². The summed E-state index contributed by atoms with van der Waals surface area (Å²) in [6.45, 7) is 13.0. The van der Waals surface area contributed by atoms with E-state index in [1.165, 1.54) is 11.3 Å². The number of rotatable bonds is 5. The zero-order valence-corrected chi connectivity index (χ0v) is 13.6. The third-order valence-electron chi connectivity index (χ3n) is 3.91. The summed E-state index contributed by atoms with van der Waals surface area (Å²) in [5.41, 5.74) is 2.52. The van der Waals surface area contributed by atoms with Crippen LogP contribution in [0.15, 0.2) is 18.2 Å². The highest BCUT2D eigenvalue weighted by Crippen LogP contribution is 2.30. The minimum Gasteiger partial charge on any atom is -0.368 e. The highest BCUT2D eigenvalue weighted by atomic mass is 35.5. The van der Waals surface area contributed by atoms with Crippen molar-refractivity contribution in [3.05, 3.63) is 28.8 Å². The molecule has 2 rings (SSSR count). The lowest BCUT2D eigenvalue weighted by Crippen LogP contribution is -2.46. The van der Waals surface area contributed by atoms with Gasteiger partial charge in [0.25, 0.3) is 0 Å². The molecule has 1 aromatic rings. The number of piperazine rings is 1. The second-order valence-electron chi connectivity index (χ2n) is 5.70. The molecule has 1 saturated heterocycles. The number of anilines is 1. The van der Waals surface area contributed by atoms with E-state index in [9.17, 15) is 0 Å². The summed E-state index contributed by atoms with van der Waals surface area (Å²) in [4.78, 5) is 4.92. The molecule has 0 aromatic heterocycles. The number of para-hydroxylation sites is 1. The van der Waals surface area contributed by atoms with Crippen molar-refractivity contribution in [1.82, 2.24) is 10.2 Å². The van der Waals surface area contributed by atoms with Gasteiger partial charge in [0.2, 0.25) is 0 Å². The molecule has 0 amide bonds. The van der Waals surface area contributed by atoms with E-state index in [1.807, 2.05) is 12.1 Å². The van der Waals surface area contributed by atoms with E-state index in [4.69, 9.17) is 11.6 Å². The molecule has 1 fully saturated rings. The third-order valence-corrected chi connectivity index (χ3v) is 4.21. The predicted molar refractivity (Wildman–Crippen MR) is 87.8 cm³/mol. The number of likely N-dealkylation sites (N-methyl/N-ethyl adjacent to an activating group) is 1.